The first-order chi connectivity index (χ1) is 18.1. The number of carbonyl (C=O) groups excluding carboxylic acids is 1. The lowest BCUT2D eigenvalue weighted by Gasteiger charge is -2.38. The van der Waals surface area contributed by atoms with Crippen LogP contribution < -0.4 is 5.32 Å². The smallest absolute Gasteiger partial charge is 0.383 e. The number of hydrogen-bond acceptors (Lipinski definition) is 5. The van der Waals surface area contributed by atoms with E-state index in [4.69, 9.17) is 16.3 Å². The second kappa shape index (κ2) is 10.6. The van der Waals surface area contributed by atoms with Gasteiger partial charge in [0.2, 0.25) is 5.91 Å². The molecule has 6 nitrogen and oxygen atoms in total. The maximum absolute atomic E-state index is 14.3. The molecule has 3 aliphatic rings. The van der Waals surface area contributed by atoms with Crippen LogP contribution in [0.1, 0.15) is 42.1 Å². The third-order valence-corrected chi connectivity index (χ3v) is 8.53. The molecule has 1 aliphatic carbocycles. The number of anilines is 1. The van der Waals surface area contributed by atoms with E-state index < -0.39 is 29.4 Å². The summed E-state index contributed by atoms with van der Waals surface area (Å²) in [6, 6.07) is 3.96. The summed E-state index contributed by atoms with van der Waals surface area (Å²) in [4.78, 5) is 20.7. The minimum absolute atomic E-state index is 0.0528. The Morgan fingerprint density at radius 2 is 1.89 bits per heavy atom. The van der Waals surface area contributed by atoms with Gasteiger partial charge < -0.3 is 19.9 Å². The molecule has 1 amide bonds. The van der Waals surface area contributed by atoms with Crippen molar-refractivity contribution < 1.29 is 27.1 Å². The fourth-order valence-electron chi connectivity index (χ4n) is 6.11. The first kappa shape index (κ1) is 27.1. The molecule has 0 radical (unpaired) electrons. The van der Waals surface area contributed by atoms with Crippen LogP contribution in [-0.2, 0) is 22.4 Å². The number of piperidine rings is 1. The average molecular weight is 555 g/mol. The Morgan fingerprint density at radius 1 is 1.16 bits per heavy atom. The van der Waals surface area contributed by atoms with E-state index in [1.54, 1.807) is 13.2 Å². The number of hydrogen-bond donors (Lipinski definition) is 1. The molecule has 3 heterocycles. The first-order valence-corrected chi connectivity index (χ1v) is 13.3. The van der Waals surface area contributed by atoms with Crippen molar-refractivity contribution in [2.75, 3.05) is 45.2 Å². The van der Waals surface area contributed by atoms with Crippen LogP contribution >= 0.6 is 11.6 Å². The van der Waals surface area contributed by atoms with Crippen LogP contribution in [0.4, 0.5) is 23.2 Å². The monoisotopic (exact) mass is 554 g/mol. The summed E-state index contributed by atoms with van der Waals surface area (Å²) in [7, 11) is 1.63. The number of amides is 1. The fraction of sp³-hybridized carbons (Fsp3) is 0.556. The van der Waals surface area contributed by atoms with Crippen molar-refractivity contribution in [1.29, 1.82) is 0 Å². The molecule has 0 saturated carbocycles. The lowest BCUT2D eigenvalue weighted by Crippen LogP contribution is -2.47. The number of benzene rings is 1. The van der Waals surface area contributed by atoms with E-state index in [9.17, 15) is 22.4 Å². The van der Waals surface area contributed by atoms with Gasteiger partial charge in [-0.1, -0.05) is 17.7 Å². The van der Waals surface area contributed by atoms with E-state index in [1.165, 1.54) is 24.4 Å². The van der Waals surface area contributed by atoms with Crippen molar-refractivity contribution in [3.8, 4) is 0 Å². The van der Waals surface area contributed by atoms with Crippen molar-refractivity contribution in [3.05, 3.63) is 58.1 Å². The van der Waals surface area contributed by atoms with E-state index in [0.29, 0.717) is 63.1 Å². The lowest BCUT2D eigenvalue weighted by atomic mass is 9.77. The van der Waals surface area contributed by atoms with E-state index in [2.05, 4.69) is 15.2 Å². The van der Waals surface area contributed by atoms with Gasteiger partial charge in [0, 0.05) is 26.2 Å². The van der Waals surface area contributed by atoms with Crippen molar-refractivity contribution in [1.82, 2.24) is 14.8 Å². The van der Waals surface area contributed by atoms with Gasteiger partial charge in [-0.05, 0) is 74.5 Å². The van der Waals surface area contributed by atoms with Crippen LogP contribution in [0.5, 0.6) is 0 Å². The fourth-order valence-corrected chi connectivity index (χ4v) is 6.28. The van der Waals surface area contributed by atoms with Gasteiger partial charge in [-0.3, -0.25) is 9.78 Å². The topological polar surface area (TPSA) is 57.7 Å². The summed E-state index contributed by atoms with van der Waals surface area (Å²) in [6.07, 6.45) is -0.813. The number of halogens is 5. The predicted molar refractivity (Wildman–Crippen MR) is 136 cm³/mol. The Kier molecular flexibility index (Phi) is 7.59. The Hall–Kier alpha value is -2.43. The Labute approximate surface area is 224 Å². The number of pyridine rings is 1. The summed E-state index contributed by atoms with van der Waals surface area (Å²) >= 11 is 5.89. The van der Waals surface area contributed by atoms with Gasteiger partial charge in [0.05, 0.1) is 34.6 Å². The number of nitrogens with one attached hydrogen (secondary N) is 1. The molecule has 2 aromatic rings. The molecule has 11 heteroatoms. The summed E-state index contributed by atoms with van der Waals surface area (Å²) in [5.41, 5.74) is 0.995. The average Bonchev–Trinajstić information content (AvgIpc) is 3.43. The third-order valence-electron chi connectivity index (χ3n) is 8.24. The van der Waals surface area contributed by atoms with Gasteiger partial charge in [0.1, 0.15) is 5.82 Å². The maximum Gasteiger partial charge on any atom is 0.414 e. The maximum atomic E-state index is 14.3. The predicted octanol–water partition coefficient (Wildman–Crippen LogP) is 5.02. The normalized spacial score (nSPS) is 22.2. The quantitative estimate of drug-likeness (QED) is 0.487. The molecule has 1 N–H and O–H groups in total. The highest BCUT2D eigenvalue weighted by Crippen LogP contribution is 2.47. The molecule has 2 atom stereocenters. The molecule has 38 heavy (non-hydrogen) atoms. The Balaban J connectivity index is 1.27. The number of rotatable bonds is 7. The molecule has 2 saturated heterocycles. The minimum Gasteiger partial charge on any atom is -0.383 e. The standard InChI is InChI=1S/C27H31ClF4N4O2/c1-38-13-12-35-9-6-26(7-10-35)8-11-36(25(26)37)24(27(30,31)32)22-5-3-18(16-33-22)34-19-14-17-2-4-21(28)23(29)20(17)15-19/h2-5,16,19,24,34H,6-15H2,1H3. The zero-order valence-corrected chi connectivity index (χ0v) is 21.9. The van der Waals surface area contributed by atoms with E-state index >= 15 is 0 Å². The second-order valence-corrected chi connectivity index (χ2v) is 10.9. The molecule has 2 aliphatic heterocycles. The molecule has 1 aromatic carbocycles. The number of nitrogens with zero attached hydrogens (tertiary/aromatic N) is 3. The number of carbonyl (C=O) groups is 1. The zero-order chi connectivity index (χ0) is 27.1. The second-order valence-electron chi connectivity index (χ2n) is 10.5. The summed E-state index contributed by atoms with van der Waals surface area (Å²) in [5, 5.41) is 3.31. The van der Waals surface area contributed by atoms with Crippen LogP contribution in [0.3, 0.4) is 0 Å². The number of alkyl halides is 3. The highest BCUT2D eigenvalue weighted by molar-refractivity contribution is 6.30. The summed E-state index contributed by atoms with van der Waals surface area (Å²) in [5.74, 6) is -0.858. The highest BCUT2D eigenvalue weighted by Gasteiger charge is 2.56. The van der Waals surface area contributed by atoms with Gasteiger partial charge in [0.15, 0.2) is 6.04 Å². The number of fused-ring (bicyclic) bond motifs is 1. The molecule has 1 aromatic heterocycles. The van der Waals surface area contributed by atoms with Crippen LogP contribution in [0.25, 0.3) is 0 Å². The van der Waals surface area contributed by atoms with Crippen molar-refractivity contribution in [2.24, 2.45) is 5.41 Å². The van der Waals surface area contributed by atoms with E-state index in [0.717, 1.165) is 17.0 Å². The van der Waals surface area contributed by atoms with Gasteiger partial charge >= 0.3 is 6.18 Å². The minimum atomic E-state index is -4.66. The molecule has 206 valence electrons. The Bertz CT molecular complexity index is 1170. The van der Waals surface area contributed by atoms with Gasteiger partial charge in [-0.25, -0.2) is 4.39 Å². The zero-order valence-electron chi connectivity index (χ0n) is 21.2. The molecule has 0 bridgehead atoms. The van der Waals surface area contributed by atoms with Crippen molar-refractivity contribution >= 4 is 23.2 Å². The van der Waals surface area contributed by atoms with Crippen LogP contribution in [0.2, 0.25) is 5.02 Å². The molecular formula is C27H31ClF4N4O2. The lowest BCUT2D eigenvalue weighted by molar-refractivity contribution is -0.192. The molecule has 5 rings (SSSR count). The number of methoxy groups -OCH3 is 1. The van der Waals surface area contributed by atoms with E-state index in [1.807, 2.05) is 0 Å². The third kappa shape index (κ3) is 5.22. The summed E-state index contributed by atoms with van der Waals surface area (Å²) < 4.78 is 62.4. The van der Waals surface area contributed by atoms with Crippen LogP contribution in [0, 0.1) is 11.2 Å². The molecule has 1 spiro atoms. The first-order valence-electron chi connectivity index (χ1n) is 12.9. The highest BCUT2D eigenvalue weighted by atomic mass is 35.5. The largest absolute Gasteiger partial charge is 0.414 e. The number of likely N-dealkylation sites (tertiary alicyclic amines) is 2. The number of aromatic nitrogens is 1. The van der Waals surface area contributed by atoms with Crippen molar-refractivity contribution in [2.45, 2.75) is 50.4 Å². The van der Waals surface area contributed by atoms with Crippen LogP contribution in [0.15, 0.2) is 30.5 Å². The number of ether oxygens (including phenoxy) is 1. The SMILES string of the molecule is COCCN1CCC2(CC1)CCN(C(c1ccc(NC3Cc4ccc(Cl)c(F)c4C3)cn1)C(F)(F)F)C2=O. The molecule has 2 unspecified atom stereocenters. The van der Waals surface area contributed by atoms with Gasteiger partial charge in [-0.15, -0.1) is 0 Å². The van der Waals surface area contributed by atoms with Gasteiger partial charge in [0.25, 0.3) is 0 Å². The van der Waals surface area contributed by atoms with E-state index in [-0.39, 0.29) is 23.3 Å². The summed E-state index contributed by atoms with van der Waals surface area (Å²) in [6.45, 7) is 2.71. The van der Waals surface area contributed by atoms with Crippen LogP contribution in [-0.4, -0.2) is 72.8 Å². The molecule has 2 fully saturated rings. The molecular weight excluding hydrogens is 524 g/mol. The Morgan fingerprint density at radius 3 is 2.55 bits per heavy atom. The van der Waals surface area contributed by atoms with Gasteiger partial charge in [-0.2, -0.15) is 13.2 Å². The van der Waals surface area contributed by atoms with Crippen molar-refractivity contribution in [3.63, 3.8) is 0 Å².